The Hall–Kier alpha value is -2.93. The number of aromatic nitrogens is 2. The molecule has 1 amide bonds. The summed E-state index contributed by atoms with van der Waals surface area (Å²) in [6.07, 6.45) is 2.62. The molecule has 158 valence electrons. The van der Waals surface area contributed by atoms with Gasteiger partial charge in [-0.2, -0.15) is 0 Å². The number of amides is 1. The molecule has 2 aromatic carbocycles. The lowest BCUT2D eigenvalue weighted by atomic mass is 10.2. The second kappa shape index (κ2) is 9.26. The normalized spacial score (nSPS) is 16.0. The van der Waals surface area contributed by atoms with Crippen molar-refractivity contribution in [3.8, 4) is 0 Å². The summed E-state index contributed by atoms with van der Waals surface area (Å²) in [6, 6.07) is 14.5. The second-order valence-corrected chi connectivity index (χ2v) is 7.74. The Labute approximate surface area is 176 Å². The summed E-state index contributed by atoms with van der Waals surface area (Å²) in [5, 5.41) is 3.04. The fraction of sp³-hybridized carbons (Fsp3) is 0.391. The number of nitrogens with zero attached hydrogens (tertiary/aromatic N) is 4. The van der Waals surface area contributed by atoms with E-state index in [-0.39, 0.29) is 17.8 Å². The maximum Gasteiger partial charge on any atom is 0.242 e. The largest absolute Gasteiger partial charge is 0.367 e. The van der Waals surface area contributed by atoms with E-state index in [2.05, 4.69) is 20.1 Å². The Kier molecular flexibility index (Phi) is 6.28. The molecule has 1 aliphatic heterocycles. The van der Waals surface area contributed by atoms with Crippen LogP contribution in [0.3, 0.4) is 0 Å². The summed E-state index contributed by atoms with van der Waals surface area (Å²) in [5.74, 6) is -0.157. The van der Waals surface area contributed by atoms with Crippen molar-refractivity contribution in [3.05, 3.63) is 60.7 Å². The van der Waals surface area contributed by atoms with Gasteiger partial charge in [0.1, 0.15) is 11.9 Å². The first-order valence-electron chi connectivity index (χ1n) is 10.5. The zero-order chi connectivity index (χ0) is 20.9. The Balaban J connectivity index is 1.19. The fourth-order valence-corrected chi connectivity index (χ4v) is 4.00. The number of carbonyl (C=O) groups is 1. The van der Waals surface area contributed by atoms with Crippen LogP contribution in [0.15, 0.2) is 54.9 Å². The molecular weight excluding hydrogens is 381 g/mol. The molecule has 3 aromatic rings. The third-order valence-corrected chi connectivity index (χ3v) is 5.79. The maximum absolute atomic E-state index is 13.9. The van der Waals surface area contributed by atoms with E-state index in [4.69, 9.17) is 0 Å². The molecule has 4 rings (SSSR count). The molecule has 1 aliphatic rings. The molecule has 0 saturated carbocycles. The van der Waals surface area contributed by atoms with Crippen LogP contribution in [0, 0.1) is 5.82 Å². The van der Waals surface area contributed by atoms with Gasteiger partial charge in [-0.05, 0) is 44.2 Å². The Morgan fingerprint density at radius 3 is 2.63 bits per heavy atom. The predicted octanol–water partition coefficient (Wildman–Crippen LogP) is 3.06. The van der Waals surface area contributed by atoms with Crippen molar-refractivity contribution in [1.29, 1.82) is 0 Å². The molecule has 30 heavy (non-hydrogen) atoms. The summed E-state index contributed by atoms with van der Waals surface area (Å²) in [4.78, 5) is 21.4. The number of hydrogen-bond acceptors (Lipinski definition) is 4. The first-order valence-corrected chi connectivity index (χ1v) is 10.5. The van der Waals surface area contributed by atoms with Gasteiger partial charge in [0.2, 0.25) is 5.91 Å². The maximum atomic E-state index is 13.9. The van der Waals surface area contributed by atoms with Gasteiger partial charge in [-0.15, -0.1) is 0 Å². The Morgan fingerprint density at radius 2 is 1.83 bits per heavy atom. The quantitative estimate of drug-likeness (QED) is 0.610. The van der Waals surface area contributed by atoms with Gasteiger partial charge in [-0.3, -0.25) is 9.69 Å². The Morgan fingerprint density at radius 1 is 1.10 bits per heavy atom. The van der Waals surface area contributed by atoms with E-state index in [9.17, 15) is 9.18 Å². The predicted molar refractivity (Wildman–Crippen MR) is 117 cm³/mol. The van der Waals surface area contributed by atoms with Gasteiger partial charge >= 0.3 is 0 Å². The number of halogens is 1. The van der Waals surface area contributed by atoms with Gasteiger partial charge < -0.3 is 14.8 Å². The molecule has 7 heteroatoms. The van der Waals surface area contributed by atoms with E-state index in [0.29, 0.717) is 12.2 Å². The number of nitrogens with one attached hydrogen (secondary N) is 1. The zero-order valence-electron chi connectivity index (χ0n) is 17.3. The molecule has 1 atom stereocenters. The standard InChI is InChI=1S/C23H28FN5O/c1-18(29-17-26-20-8-3-5-10-22(20)29)23(30)25-11-6-12-27-13-15-28(16-14-27)21-9-4-2-7-19(21)24/h2-5,7-10,17-18H,6,11-16H2,1H3,(H,25,30). The summed E-state index contributed by atoms with van der Waals surface area (Å²) >= 11 is 0. The van der Waals surface area contributed by atoms with Crippen molar-refractivity contribution in [2.45, 2.75) is 19.4 Å². The average molecular weight is 410 g/mol. The highest BCUT2D eigenvalue weighted by Crippen LogP contribution is 2.20. The van der Waals surface area contributed by atoms with Gasteiger partial charge in [0, 0.05) is 32.7 Å². The van der Waals surface area contributed by atoms with Crippen LogP contribution in [-0.2, 0) is 4.79 Å². The lowest BCUT2D eigenvalue weighted by molar-refractivity contribution is -0.123. The molecule has 1 fully saturated rings. The number of anilines is 1. The summed E-state index contributed by atoms with van der Waals surface area (Å²) in [7, 11) is 0. The minimum Gasteiger partial charge on any atom is -0.367 e. The minimum absolute atomic E-state index is 0.00234. The van der Waals surface area contributed by atoms with Crippen molar-refractivity contribution in [3.63, 3.8) is 0 Å². The third-order valence-electron chi connectivity index (χ3n) is 5.79. The summed E-state index contributed by atoms with van der Waals surface area (Å²) in [5.41, 5.74) is 2.55. The van der Waals surface area contributed by atoms with Gasteiger partial charge in [-0.1, -0.05) is 24.3 Å². The third kappa shape index (κ3) is 4.46. The zero-order valence-corrected chi connectivity index (χ0v) is 17.3. The Bertz CT molecular complexity index is 996. The second-order valence-electron chi connectivity index (χ2n) is 7.74. The van der Waals surface area contributed by atoms with Crippen LogP contribution in [0.4, 0.5) is 10.1 Å². The number of carbonyl (C=O) groups excluding carboxylic acids is 1. The molecule has 1 N–H and O–H groups in total. The molecule has 6 nitrogen and oxygen atoms in total. The molecule has 0 aliphatic carbocycles. The van der Waals surface area contributed by atoms with E-state index in [0.717, 1.165) is 50.2 Å². The molecule has 1 aromatic heterocycles. The molecule has 0 radical (unpaired) electrons. The number of fused-ring (bicyclic) bond motifs is 1. The van der Waals surface area contributed by atoms with E-state index in [1.54, 1.807) is 12.4 Å². The van der Waals surface area contributed by atoms with Gasteiger partial charge in [-0.25, -0.2) is 9.37 Å². The molecule has 1 unspecified atom stereocenters. The number of benzene rings is 2. The van der Waals surface area contributed by atoms with Gasteiger partial charge in [0.05, 0.1) is 23.0 Å². The summed E-state index contributed by atoms with van der Waals surface area (Å²) in [6.45, 7) is 6.90. The molecular formula is C23H28FN5O. The van der Waals surface area contributed by atoms with Crippen LogP contribution in [0.1, 0.15) is 19.4 Å². The van der Waals surface area contributed by atoms with E-state index >= 15 is 0 Å². The number of imidazole rings is 1. The van der Waals surface area contributed by atoms with E-state index < -0.39 is 0 Å². The van der Waals surface area contributed by atoms with Gasteiger partial charge in [0.15, 0.2) is 0 Å². The number of piperazine rings is 1. The van der Waals surface area contributed by atoms with Crippen molar-refractivity contribution >= 4 is 22.6 Å². The molecule has 0 bridgehead atoms. The smallest absolute Gasteiger partial charge is 0.242 e. The van der Waals surface area contributed by atoms with Crippen LogP contribution >= 0.6 is 0 Å². The first kappa shape index (κ1) is 20.3. The number of hydrogen-bond donors (Lipinski definition) is 1. The highest BCUT2D eigenvalue weighted by molar-refractivity contribution is 5.83. The minimum atomic E-state index is -0.304. The molecule has 0 spiro atoms. The van der Waals surface area contributed by atoms with Crippen LogP contribution in [-0.4, -0.2) is 59.6 Å². The lowest BCUT2D eigenvalue weighted by Gasteiger charge is -2.36. The van der Waals surface area contributed by atoms with Crippen molar-refractivity contribution in [2.75, 3.05) is 44.2 Å². The van der Waals surface area contributed by atoms with Crippen LogP contribution in [0.5, 0.6) is 0 Å². The van der Waals surface area contributed by atoms with Crippen LogP contribution in [0.25, 0.3) is 11.0 Å². The van der Waals surface area contributed by atoms with E-state index in [1.165, 1.54) is 6.07 Å². The average Bonchev–Trinajstić information content (AvgIpc) is 3.21. The topological polar surface area (TPSA) is 53.4 Å². The fourth-order valence-electron chi connectivity index (χ4n) is 4.00. The van der Waals surface area contributed by atoms with E-state index in [1.807, 2.05) is 47.9 Å². The first-order chi connectivity index (χ1) is 14.6. The number of para-hydroxylation sites is 3. The van der Waals surface area contributed by atoms with Crippen LogP contribution in [0.2, 0.25) is 0 Å². The van der Waals surface area contributed by atoms with Crippen LogP contribution < -0.4 is 10.2 Å². The molecule has 2 heterocycles. The monoisotopic (exact) mass is 409 g/mol. The SMILES string of the molecule is CC(C(=O)NCCCN1CCN(c2ccccc2F)CC1)n1cnc2ccccc21. The highest BCUT2D eigenvalue weighted by atomic mass is 19.1. The number of rotatable bonds is 7. The molecule has 1 saturated heterocycles. The highest BCUT2D eigenvalue weighted by Gasteiger charge is 2.20. The van der Waals surface area contributed by atoms with Crippen molar-refractivity contribution < 1.29 is 9.18 Å². The summed E-state index contributed by atoms with van der Waals surface area (Å²) < 4.78 is 15.9. The van der Waals surface area contributed by atoms with Gasteiger partial charge in [0.25, 0.3) is 0 Å². The lowest BCUT2D eigenvalue weighted by Crippen LogP contribution is -2.47. The van der Waals surface area contributed by atoms with Crippen molar-refractivity contribution in [1.82, 2.24) is 19.8 Å². The van der Waals surface area contributed by atoms with Crippen molar-refractivity contribution in [2.24, 2.45) is 0 Å².